The second-order valence-corrected chi connectivity index (χ2v) is 5.59. The summed E-state index contributed by atoms with van der Waals surface area (Å²) in [7, 11) is 3.64. The average molecular weight is 311 g/mol. The van der Waals surface area contributed by atoms with Crippen molar-refractivity contribution in [2.45, 2.75) is 13.8 Å². The van der Waals surface area contributed by atoms with E-state index < -0.39 is 0 Å². The molecule has 0 aliphatic heterocycles. The summed E-state index contributed by atoms with van der Waals surface area (Å²) in [5.41, 5.74) is 0.993. The summed E-state index contributed by atoms with van der Waals surface area (Å²) in [5.74, 6) is 1.18. The molecular weight excluding hydrogens is 292 g/mol. The third-order valence-electron chi connectivity index (χ3n) is 2.99. The van der Waals surface area contributed by atoms with Crippen LogP contribution in [0.5, 0.6) is 5.75 Å². The predicted octanol–water partition coefficient (Wildman–Crippen LogP) is 3.69. The fourth-order valence-corrected chi connectivity index (χ4v) is 2.10. The van der Waals surface area contributed by atoms with Crippen LogP contribution in [0.4, 0.5) is 5.69 Å². The molecule has 0 aliphatic rings. The Labute approximate surface area is 117 Å². The smallest absolute Gasteiger partial charge is 0.142 e. The van der Waals surface area contributed by atoms with Crippen LogP contribution >= 0.6 is 15.9 Å². The van der Waals surface area contributed by atoms with E-state index in [1.165, 1.54) is 0 Å². The summed E-state index contributed by atoms with van der Waals surface area (Å²) in [6, 6.07) is 8.24. The van der Waals surface area contributed by atoms with Crippen LogP contribution < -0.4 is 9.64 Å². The van der Waals surface area contributed by atoms with E-state index in [-0.39, 0.29) is 5.92 Å². The summed E-state index contributed by atoms with van der Waals surface area (Å²) in [6.07, 6.45) is 0. The molecule has 0 heterocycles. The van der Waals surface area contributed by atoms with Crippen molar-refractivity contribution in [1.82, 2.24) is 0 Å². The van der Waals surface area contributed by atoms with Gasteiger partial charge in [0.25, 0.3) is 0 Å². The number of hydrogen-bond donors (Lipinski definition) is 0. The molecule has 18 heavy (non-hydrogen) atoms. The Hall–Kier alpha value is -1.21. The molecule has 0 fully saturated rings. The fraction of sp³-hybridized carbons (Fsp3) is 0.500. The van der Waals surface area contributed by atoms with Gasteiger partial charge in [0.15, 0.2) is 0 Å². The maximum absolute atomic E-state index is 9.16. The van der Waals surface area contributed by atoms with Gasteiger partial charge >= 0.3 is 0 Å². The highest BCUT2D eigenvalue weighted by molar-refractivity contribution is 9.10. The standard InChI is InChI=1S/C14H19BrN2O/c1-10(2)11(8-16)9-17(3)13-7-12(15)5-6-14(13)18-4/h5-7,10-11H,9H2,1-4H3. The number of hydrogen-bond acceptors (Lipinski definition) is 3. The molecule has 0 bridgehead atoms. The van der Waals surface area contributed by atoms with Gasteiger partial charge in [0.2, 0.25) is 0 Å². The molecule has 1 unspecified atom stereocenters. The Morgan fingerprint density at radius 2 is 2.11 bits per heavy atom. The fourth-order valence-electron chi connectivity index (χ4n) is 1.76. The van der Waals surface area contributed by atoms with Gasteiger partial charge in [-0.3, -0.25) is 0 Å². The quantitative estimate of drug-likeness (QED) is 0.832. The van der Waals surface area contributed by atoms with Crippen molar-refractivity contribution in [3.63, 3.8) is 0 Å². The minimum absolute atomic E-state index is 0.0127. The monoisotopic (exact) mass is 310 g/mol. The van der Waals surface area contributed by atoms with Crippen molar-refractivity contribution in [3.05, 3.63) is 22.7 Å². The molecular formula is C14H19BrN2O. The summed E-state index contributed by atoms with van der Waals surface area (Å²) < 4.78 is 6.35. The number of benzene rings is 1. The van der Waals surface area contributed by atoms with Crippen molar-refractivity contribution in [2.75, 3.05) is 25.6 Å². The Balaban J connectivity index is 2.93. The van der Waals surface area contributed by atoms with E-state index in [4.69, 9.17) is 10.00 Å². The summed E-state index contributed by atoms with van der Waals surface area (Å²) in [6.45, 7) is 4.83. The van der Waals surface area contributed by atoms with Gasteiger partial charge in [0.1, 0.15) is 5.75 Å². The van der Waals surface area contributed by atoms with Crippen LogP contribution in [0.2, 0.25) is 0 Å². The number of nitriles is 1. The third-order valence-corrected chi connectivity index (χ3v) is 3.49. The van der Waals surface area contributed by atoms with Crippen LogP contribution in [-0.4, -0.2) is 20.7 Å². The maximum atomic E-state index is 9.16. The molecule has 1 atom stereocenters. The first kappa shape index (κ1) is 14.8. The van der Waals surface area contributed by atoms with Crippen LogP contribution in [-0.2, 0) is 0 Å². The lowest BCUT2D eigenvalue weighted by atomic mass is 9.97. The Morgan fingerprint density at radius 1 is 1.44 bits per heavy atom. The van der Waals surface area contributed by atoms with E-state index in [0.29, 0.717) is 12.5 Å². The summed E-state index contributed by atoms with van der Waals surface area (Å²) in [5, 5.41) is 9.16. The first-order chi connectivity index (χ1) is 8.49. The zero-order valence-corrected chi connectivity index (χ0v) is 12.9. The first-order valence-corrected chi connectivity index (χ1v) is 6.73. The van der Waals surface area contributed by atoms with Gasteiger partial charge < -0.3 is 9.64 Å². The minimum atomic E-state index is 0.0127. The van der Waals surface area contributed by atoms with E-state index in [2.05, 4.69) is 40.7 Å². The maximum Gasteiger partial charge on any atom is 0.142 e. The van der Waals surface area contributed by atoms with Crippen LogP contribution in [0, 0.1) is 23.2 Å². The molecule has 98 valence electrons. The van der Waals surface area contributed by atoms with Crippen molar-refractivity contribution in [2.24, 2.45) is 11.8 Å². The van der Waals surface area contributed by atoms with Crippen LogP contribution in [0.15, 0.2) is 22.7 Å². The number of anilines is 1. The van der Waals surface area contributed by atoms with Gasteiger partial charge in [-0.25, -0.2) is 0 Å². The highest BCUT2D eigenvalue weighted by Gasteiger charge is 2.17. The van der Waals surface area contributed by atoms with E-state index in [0.717, 1.165) is 15.9 Å². The van der Waals surface area contributed by atoms with Crippen LogP contribution in [0.3, 0.4) is 0 Å². The molecule has 0 saturated heterocycles. The molecule has 0 saturated carbocycles. The second kappa shape index (κ2) is 6.65. The molecule has 3 nitrogen and oxygen atoms in total. The zero-order valence-electron chi connectivity index (χ0n) is 11.3. The molecule has 0 spiro atoms. The first-order valence-electron chi connectivity index (χ1n) is 5.94. The molecule has 0 aliphatic carbocycles. The van der Waals surface area contributed by atoms with Crippen LogP contribution in [0.1, 0.15) is 13.8 Å². The van der Waals surface area contributed by atoms with E-state index in [1.54, 1.807) is 7.11 Å². The molecule has 1 aromatic carbocycles. The van der Waals surface area contributed by atoms with E-state index in [9.17, 15) is 0 Å². The number of methoxy groups -OCH3 is 1. The number of rotatable bonds is 5. The molecule has 1 rings (SSSR count). The van der Waals surface area contributed by atoms with Gasteiger partial charge in [0, 0.05) is 18.1 Å². The molecule has 4 heteroatoms. The lowest BCUT2D eigenvalue weighted by Gasteiger charge is -2.25. The van der Waals surface area contributed by atoms with Crippen molar-refractivity contribution in [1.29, 1.82) is 5.26 Å². The van der Waals surface area contributed by atoms with Gasteiger partial charge in [-0.1, -0.05) is 29.8 Å². The van der Waals surface area contributed by atoms with E-state index in [1.807, 2.05) is 25.2 Å². The lowest BCUT2D eigenvalue weighted by Crippen LogP contribution is -2.27. The van der Waals surface area contributed by atoms with Gasteiger partial charge in [-0.2, -0.15) is 5.26 Å². The van der Waals surface area contributed by atoms with Crippen LogP contribution in [0.25, 0.3) is 0 Å². The second-order valence-electron chi connectivity index (χ2n) is 4.68. The highest BCUT2D eigenvalue weighted by atomic mass is 79.9. The van der Waals surface area contributed by atoms with Gasteiger partial charge in [0.05, 0.1) is 24.8 Å². The zero-order chi connectivity index (χ0) is 13.7. The minimum Gasteiger partial charge on any atom is -0.495 e. The summed E-state index contributed by atoms with van der Waals surface area (Å²) >= 11 is 3.46. The normalized spacial score (nSPS) is 12.1. The third kappa shape index (κ3) is 3.64. The molecule has 0 N–H and O–H groups in total. The van der Waals surface area contributed by atoms with Gasteiger partial charge in [-0.05, 0) is 24.1 Å². The molecule has 0 aromatic heterocycles. The Kier molecular flexibility index (Phi) is 5.49. The Morgan fingerprint density at radius 3 is 2.61 bits per heavy atom. The molecule has 0 amide bonds. The Bertz CT molecular complexity index is 440. The largest absolute Gasteiger partial charge is 0.495 e. The number of ether oxygens (including phenoxy) is 1. The van der Waals surface area contributed by atoms with Gasteiger partial charge in [-0.15, -0.1) is 0 Å². The number of halogens is 1. The molecule has 1 aromatic rings. The average Bonchev–Trinajstić information content (AvgIpc) is 2.35. The SMILES string of the molecule is COc1ccc(Br)cc1N(C)CC(C#N)C(C)C. The van der Waals surface area contributed by atoms with Crippen molar-refractivity contribution in [3.8, 4) is 11.8 Å². The summed E-state index contributed by atoms with van der Waals surface area (Å²) in [4.78, 5) is 2.07. The topological polar surface area (TPSA) is 36.3 Å². The van der Waals surface area contributed by atoms with E-state index >= 15 is 0 Å². The lowest BCUT2D eigenvalue weighted by molar-refractivity contribution is 0.412. The predicted molar refractivity (Wildman–Crippen MR) is 77.9 cm³/mol. The number of nitrogens with zero attached hydrogens (tertiary/aromatic N) is 2. The van der Waals surface area contributed by atoms with Crippen molar-refractivity contribution >= 4 is 21.6 Å². The van der Waals surface area contributed by atoms with Crippen molar-refractivity contribution < 1.29 is 4.74 Å². The highest BCUT2D eigenvalue weighted by Crippen LogP contribution is 2.31. The molecule has 0 radical (unpaired) electrons.